The number of aliphatic hydroxyl groups is 1. The molecule has 0 bridgehead atoms. The maximum absolute atomic E-state index is 11.7. The number of rotatable bonds is 6. The van der Waals surface area contributed by atoms with Crippen molar-refractivity contribution >= 4 is 17.5 Å². The van der Waals surface area contributed by atoms with Gasteiger partial charge in [0.05, 0.1) is 18.8 Å². The molecule has 0 aliphatic rings. The van der Waals surface area contributed by atoms with Gasteiger partial charge in [0, 0.05) is 17.8 Å². The molecule has 1 amide bonds. The summed E-state index contributed by atoms with van der Waals surface area (Å²) in [6, 6.07) is -0.300. The first-order valence-electron chi connectivity index (χ1n) is 5.45. The molecule has 0 saturated carbocycles. The fraction of sp³-hybridized carbons (Fsp3) is 0.545. The molecule has 0 spiro atoms. The van der Waals surface area contributed by atoms with Gasteiger partial charge in [0.25, 0.3) is 5.91 Å². The Morgan fingerprint density at radius 3 is 2.82 bits per heavy atom. The number of halogens is 1. The van der Waals surface area contributed by atoms with Crippen molar-refractivity contribution in [3.63, 3.8) is 0 Å². The van der Waals surface area contributed by atoms with Crippen LogP contribution in [0, 0.1) is 0 Å². The molecule has 2 N–H and O–H groups in total. The van der Waals surface area contributed by atoms with Crippen molar-refractivity contribution in [2.24, 2.45) is 0 Å². The molecular weight excluding hydrogens is 242 g/mol. The van der Waals surface area contributed by atoms with Gasteiger partial charge in [-0.25, -0.2) is 4.98 Å². The molecule has 1 rings (SSSR count). The van der Waals surface area contributed by atoms with Crippen LogP contribution in [0.25, 0.3) is 0 Å². The van der Waals surface area contributed by atoms with Gasteiger partial charge < -0.3 is 10.4 Å². The Kier molecular flexibility index (Phi) is 5.86. The third-order valence-electron chi connectivity index (χ3n) is 2.26. The lowest BCUT2D eigenvalue weighted by Gasteiger charge is -2.16. The fourth-order valence-corrected chi connectivity index (χ4v) is 1.44. The number of carbonyl (C=O) groups excluding carboxylic acids is 1. The molecule has 0 aliphatic heterocycles. The highest BCUT2D eigenvalue weighted by molar-refractivity contribution is 6.20. The average Bonchev–Trinajstić information content (AvgIpc) is 2.35. The van der Waals surface area contributed by atoms with Gasteiger partial charge in [0.1, 0.15) is 5.69 Å². The van der Waals surface area contributed by atoms with Gasteiger partial charge in [0.15, 0.2) is 0 Å². The van der Waals surface area contributed by atoms with Gasteiger partial charge in [0.2, 0.25) is 0 Å². The number of nitrogens with one attached hydrogen (secondary N) is 1. The van der Waals surface area contributed by atoms with Crippen molar-refractivity contribution in [1.29, 1.82) is 0 Å². The van der Waals surface area contributed by atoms with Crippen molar-refractivity contribution < 1.29 is 9.90 Å². The standard InChI is InChI=1S/C11H16ClN3O2/c1-8(12)2-3-9(7-16)15-11(17)10-6-13-4-5-14-10/h4-6,8-9,16H,2-3,7H2,1H3,(H,15,17)/t8-,9-/m1/s1. The highest BCUT2D eigenvalue weighted by Gasteiger charge is 2.14. The Labute approximate surface area is 105 Å². The van der Waals surface area contributed by atoms with Gasteiger partial charge in [-0.2, -0.15) is 0 Å². The fourth-order valence-electron chi connectivity index (χ4n) is 1.32. The summed E-state index contributed by atoms with van der Waals surface area (Å²) < 4.78 is 0. The Hall–Kier alpha value is -1.20. The van der Waals surface area contributed by atoms with Gasteiger partial charge in [-0.1, -0.05) is 0 Å². The quantitative estimate of drug-likeness (QED) is 0.745. The molecule has 6 heteroatoms. The molecule has 1 heterocycles. The molecule has 0 saturated heterocycles. The Balaban J connectivity index is 2.48. The normalized spacial score (nSPS) is 14.1. The van der Waals surface area contributed by atoms with Crippen LogP contribution in [0.2, 0.25) is 0 Å². The van der Waals surface area contributed by atoms with E-state index in [4.69, 9.17) is 16.7 Å². The van der Waals surface area contributed by atoms with E-state index in [9.17, 15) is 4.79 Å². The topological polar surface area (TPSA) is 75.1 Å². The molecule has 17 heavy (non-hydrogen) atoms. The molecule has 0 fully saturated rings. The van der Waals surface area contributed by atoms with Crippen molar-refractivity contribution in [3.05, 3.63) is 24.3 Å². The summed E-state index contributed by atoms with van der Waals surface area (Å²) in [5.41, 5.74) is 0.241. The van der Waals surface area contributed by atoms with Gasteiger partial charge in [-0.15, -0.1) is 11.6 Å². The molecule has 0 unspecified atom stereocenters. The van der Waals surface area contributed by atoms with Gasteiger partial charge in [-0.05, 0) is 19.8 Å². The molecular formula is C11H16ClN3O2. The monoisotopic (exact) mass is 257 g/mol. The van der Waals surface area contributed by atoms with Crippen LogP contribution in [0.3, 0.4) is 0 Å². The average molecular weight is 258 g/mol. The molecule has 0 radical (unpaired) electrons. The largest absolute Gasteiger partial charge is 0.394 e. The number of nitrogens with zero attached hydrogens (tertiary/aromatic N) is 2. The zero-order valence-corrected chi connectivity index (χ0v) is 10.4. The van der Waals surface area contributed by atoms with Gasteiger partial charge in [-0.3, -0.25) is 9.78 Å². The minimum atomic E-state index is -0.334. The van der Waals surface area contributed by atoms with E-state index in [1.54, 1.807) is 0 Å². The van der Waals surface area contributed by atoms with Crippen LogP contribution < -0.4 is 5.32 Å². The van der Waals surface area contributed by atoms with E-state index in [-0.39, 0.29) is 29.6 Å². The van der Waals surface area contributed by atoms with E-state index in [0.29, 0.717) is 6.42 Å². The molecule has 0 aromatic carbocycles. The smallest absolute Gasteiger partial charge is 0.271 e. The highest BCUT2D eigenvalue weighted by atomic mass is 35.5. The summed E-state index contributed by atoms with van der Waals surface area (Å²) >= 11 is 5.82. The molecule has 1 aromatic rings. The number of amides is 1. The maximum atomic E-state index is 11.7. The Morgan fingerprint density at radius 2 is 2.29 bits per heavy atom. The number of hydrogen-bond donors (Lipinski definition) is 2. The lowest BCUT2D eigenvalue weighted by molar-refractivity contribution is 0.0907. The second kappa shape index (κ2) is 7.19. The zero-order chi connectivity index (χ0) is 12.7. The van der Waals surface area contributed by atoms with Crippen LogP contribution in [0.15, 0.2) is 18.6 Å². The summed E-state index contributed by atoms with van der Waals surface area (Å²) in [5, 5.41) is 11.9. The van der Waals surface area contributed by atoms with Crippen LogP contribution in [0.4, 0.5) is 0 Å². The van der Waals surface area contributed by atoms with Crippen LogP contribution in [0.1, 0.15) is 30.3 Å². The SMILES string of the molecule is C[C@@H](Cl)CC[C@H](CO)NC(=O)c1cnccn1. The summed E-state index contributed by atoms with van der Waals surface area (Å²) in [6.07, 6.45) is 5.69. The van der Waals surface area contributed by atoms with Gasteiger partial charge >= 0.3 is 0 Å². The Bertz CT molecular complexity index is 346. The second-order valence-corrected chi connectivity index (χ2v) is 4.55. The predicted octanol–water partition coefficient (Wildman–Crippen LogP) is 0.975. The summed E-state index contributed by atoms with van der Waals surface area (Å²) in [7, 11) is 0. The first-order chi connectivity index (χ1) is 8.13. The van der Waals surface area contributed by atoms with Crippen LogP contribution in [-0.2, 0) is 0 Å². The summed E-state index contributed by atoms with van der Waals surface area (Å²) in [6.45, 7) is 1.76. The van der Waals surface area contributed by atoms with E-state index in [2.05, 4.69) is 15.3 Å². The molecule has 2 atom stereocenters. The molecule has 0 aliphatic carbocycles. The van der Waals surface area contributed by atoms with E-state index in [1.807, 2.05) is 6.92 Å². The summed E-state index contributed by atoms with van der Waals surface area (Å²) in [5.74, 6) is -0.334. The lowest BCUT2D eigenvalue weighted by Crippen LogP contribution is -2.38. The van der Waals surface area contributed by atoms with Crippen molar-refractivity contribution in [3.8, 4) is 0 Å². The van der Waals surface area contributed by atoms with E-state index in [0.717, 1.165) is 6.42 Å². The van der Waals surface area contributed by atoms with E-state index in [1.165, 1.54) is 18.6 Å². The number of aliphatic hydroxyl groups excluding tert-OH is 1. The highest BCUT2D eigenvalue weighted by Crippen LogP contribution is 2.07. The van der Waals surface area contributed by atoms with Crippen LogP contribution >= 0.6 is 11.6 Å². The first-order valence-corrected chi connectivity index (χ1v) is 5.89. The minimum absolute atomic E-state index is 0.0254. The molecule has 94 valence electrons. The third kappa shape index (κ3) is 5.10. The number of alkyl halides is 1. The van der Waals surface area contributed by atoms with Crippen LogP contribution in [0.5, 0.6) is 0 Å². The van der Waals surface area contributed by atoms with Crippen LogP contribution in [-0.4, -0.2) is 39.0 Å². The third-order valence-corrected chi connectivity index (χ3v) is 2.48. The number of hydrogen-bond acceptors (Lipinski definition) is 4. The zero-order valence-electron chi connectivity index (χ0n) is 9.64. The molecule has 5 nitrogen and oxygen atoms in total. The number of carbonyl (C=O) groups is 1. The van der Waals surface area contributed by atoms with Crippen molar-refractivity contribution in [2.75, 3.05) is 6.61 Å². The van der Waals surface area contributed by atoms with E-state index >= 15 is 0 Å². The summed E-state index contributed by atoms with van der Waals surface area (Å²) in [4.78, 5) is 19.4. The maximum Gasteiger partial charge on any atom is 0.271 e. The Morgan fingerprint density at radius 1 is 1.53 bits per heavy atom. The number of aromatic nitrogens is 2. The lowest BCUT2D eigenvalue weighted by atomic mass is 10.1. The first kappa shape index (κ1) is 13.9. The minimum Gasteiger partial charge on any atom is -0.394 e. The van der Waals surface area contributed by atoms with Crippen molar-refractivity contribution in [2.45, 2.75) is 31.2 Å². The molecule has 1 aromatic heterocycles. The van der Waals surface area contributed by atoms with Crippen molar-refractivity contribution in [1.82, 2.24) is 15.3 Å². The van der Waals surface area contributed by atoms with E-state index < -0.39 is 0 Å². The second-order valence-electron chi connectivity index (χ2n) is 3.80. The predicted molar refractivity (Wildman–Crippen MR) is 64.9 cm³/mol.